The topological polar surface area (TPSA) is 75.2 Å². The quantitative estimate of drug-likeness (QED) is 0.854. The number of anilines is 1. The third kappa shape index (κ3) is 3.95. The number of aromatic nitrogens is 2. The first kappa shape index (κ1) is 17.1. The fourth-order valence-corrected chi connectivity index (χ4v) is 3.32. The van der Waals surface area contributed by atoms with E-state index in [4.69, 9.17) is 0 Å². The van der Waals surface area contributed by atoms with Crippen LogP contribution in [0.25, 0.3) is 11.6 Å². The minimum Gasteiger partial charge on any atom is -0.335 e. The molecule has 0 saturated carbocycles. The molecular weight excluding hydrogens is 340 g/mol. The van der Waals surface area contributed by atoms with Crippen LogP contribution in [0.3, 0.4) is 0 Å². The molecule has 6 nitrogen and oxygen atoms in total. The molecule has 0 atom stereocenters. The van der Waals surface area contributed by atoms with Crippen LogP contribution < -0.4 is 5.32 Å². The van der Waals surface area contributed by atoms with E-state index in [-0.39, 0.29) is 11.8 Å². The van der Waals surface area contributed by atoms with Crippen molar-refractivity contribution in [2.24, 2.45) is 0 Å². The van der Waals surface area contributed by atoms with Gasteiger partial charge in [0.2, 0.25) is 11.8 Å². The van der Waals surface area contributed by atoms with Gasteiger partial charge in [0.25, 0.3) is 0 Å². The molecule has 136 valence electrons. The van der Waals surface area contributed by atoms with E-state index in [1.807, 2.05) is 29.3 Å². The molecule has 2 aliphatic heterocycles. The summed E-state index contributed by atoms with van der Waals surface area (Å²) in [5.74, 6) is 0.610. The molecule has 0 spiro atoms. The molecule has 0 bridgehead atoms. The number of rotatable bonds is 3. The Kier molecular flexibility index (Phi) is 4.78. The Bertz CT molecular complexity index is 934. The predicted molar refractivity (Wildman–Crippen MR) is 104 cm³/mol. The van der Waals surface area contributed by atoms with Crippen molar-refractivity contribution < 1.29 is 9.59 Å². The Labute approximate surface area is 157 Å². The van der Waals surface area contributed by atoms with Crippen molar-refractivity contribution in [1.29, 1.82) is 0 Å². The average Bonchev–Trinajstić information content (AvgIpc) is 2.72. The number of aryl methyl sites for hydroxylation is 1. The largest absolute Gasteiger partial charge is 0.335 e. The molecule has 2 amide bonds. The smallest absolute Gasteiger partial charge is 0.246 e. The van der Waals surface area contributed by atoms with Crippen molar-refractivity contribution in [3.05, 3.63) is 65.6 Å². The maximum absolute atomic E-state index is 12.5. The number of carbonyl (C=O) groups is 2. The number of pyridine rings is 2. The molecule has 2 aliphatic rings. The normalized spacial score (nSPS) is 16.7. The summed E-state index contributed by atoms with van der Waals surface area (Å²) in [6.45, 7) is 1.29. The van der Waals surface area contributed by atoms with Crippen molar-refractivity contribution in [1.82, 2.24) is 14.9 Å². The lowest BCUT2D eigenvalue weighted by atomic mass is 10.0. The number of carbonyl (C=O) groups excluding carboxylic acids is 2. The van der Waals surface area contributed by atoms with Gasteiger partial charge in [-0.3, -0.25) is 14.6 Å². The van der Waals surface area contributed by atoms with Gasteiger partial charge in [-0.25, -0.2) is 4.98 Å². The number of nitrogens with one attached hydrogen (secondary N) is 1. The third-order valence-corrected chi connectivity index (χ3v) is 4.84. The van der Waals surface area contributed by atoms with Gasteiger partial charge in [-0.2, -0.15) is 0 Å². The predicted octanol–water partition coefficient (Wildman–Crippen LogP) is 2.69. The van der Waals surface area contributed by atoms with E-state index < -0.39 is 0 Å². The molecule has 27 heavy (non-hydrogen) atoms. The van der Waals surface area contributed by atoms with Crippen LogP contribution in [0, 0.1) is 0 Å². The number of hydrogen-bond acceptors (Lipinski definition) is 4. The fraction of sp³-hybridized carbons (Fsp3) is 0.238. The van der Waals surface area contributed by atoms with Crippen LogP contribution in [0.5, 0.6) is 0 Å². The zero-order valence-electron chi connectivity index (χ0n) is 14.9. The minimum absolute atomic E-state index is 0.00252. The molecule has 0 aromatic carbocycles. The summed E-state index contributed by atoms with van der Waals surface area (Å²) in [6, 6.07) is 5.94. The van der Waals surface area contributed by atoms with Gasteiger partial charge >= 0.3 is 0 Å². The highest BCUT2D eigenvalue weighted by atomic mass is 16.2. The molecule has 0 saturated heterocycles. The molecular formula is C21H20N4O2. The van der Waals surface area contributed by atoms with Crippen molar-refractivity contribution in [3.63, 3.8) is 0 Å². The molecule has 1 N–H and O–H groups in total. The Morgan fingerprint density at radius 1 is 1.22 bits per heavy atom. The zero-order chi connectivity index (χ0) is 18.6. The summed E-state index contributed by atoms with van der Waals surface area (Å²) in [7, 11) is 0. The van der Waals surface area contributed by atoms with Crippen molar-refractivity contribution >= 4 is 29.3 Å². The highest BCUT2D eigenvalue weighted by Crippen LogP contribution is 2.23. The van der Waals surface area contributed by atoms with Crippen molar-refractivity contribution in [2.45, 2.75) is 19.3 Å². The Morgan fingerprint density at radius 3 is 2.93 bits per heavy atom. The SMILES string of the molecule is O=C1CCc2cc(/C=C/C(=O)N3CC=C(c4cccnc4)CC3)cnc2N1. The highest BCUT2D eigenvalue weighted by Gasteiger charge is 2.17. The Hall–Kier alpha value is -3.28. The second-order valence-corrected chi connectivity index (χ2v) is 6.66. The molecule has 4 heterocycles. The first-order valence-corrected chi connectivity index (χ1v) is 9.04. The number of hydrogen-bond donors (Lipinski definition) is 1. The van der Waals surface area contributed by atoms with E-state index in [0.717, 1.165) is 23.1 Å². The maximum atomic E-state index is 12.5. The van der Waals surface area contributed by atoms with Crippen LogP contribution in [0.15, 0.2) is 48.9 Å². The maximum Gasteiger partial charge on any atom is 0.246 e. The van der Waals surface area contributed by atoms with Gasteiger partial charge in [0.1, 0.15) is 5.82 Å². The summed E-state index contributed by atoms with van der Waals surface area (Å²) in [6.07, 6.45) is 12.7. The van der Waals surface area contributed by atoms with E-state index in [2.05, 4.69) is 21.4 Å². The van der Waals surface area contributed by atoms with E-state index in [9.17, 15) is 9.59 Å². The van der Waals surface area contributed by atoms with Gasteiger partial charge in [-0.05, 0) is 53.3 Å². The summed E-state index contributed by atoms with van der Waals surface area (Å²) < 4.78 is 0. The van der Waals surface area contributed by atoms with Crippen molar-refractivity contribution in [3.8, 4) is 0 Å². The lowest BCUT2D eigenvalue weighted by Gasteiger charge is -2.25. The number of amides is 2. The van der Waals surface area contributed by atoms with Crippen molar-refractivity contribution in [2.75, 3.05) is 18.4 Å². The van der Waals surface area contributed by atoms with E-state index in [1.165, 1.54) is 5.57 Å². The van der Waals surface area contributed by atoms with Crippen LogP contribution in [0.4, 0.5) is 5.82 Å². The molecule has 0 unspecified atom stereocenters. The molecule has 2 aromatic rings. The number of nitrogens with zero attached hydrogens (tertiary/aromatic N) is 3. The molecule has 2 aromatic heterocycles. The molecule has 0 radical (unpaired) electrons. The standard InChI is InChI=1S/C21H20N4O2/c26-19-5-4-17-12-15(13-23-21(17)24-19)3-6-20(27)25-10-7-16(8-11-25)18-2-1-9-22-14-18/h1-3,6-7,9,12-14H,4-5,8,10-11H2,(H,23,24,26)/b6-3+. The average molecular weight is 360 g/mol. The molecule has 0 fully saturated rings. The van der Waals surface area contributed by atoms with Gasteiger partial charge in [0.05, 0.1) is 0 Å². The zero-order valence-corrected chi connectivity index (χ0v) is 14.9. The Balaban J connectivity index is 1.40. The van der Waals surface area contributed by atoms with E-state index in [0.29, 0.717) is 31.7 Å². The van der Waals surface area contributed by atoms with Gasteiger partial charge in [0.15, 0.2) is 0 Å². The lowest BCUT2D eigenvalue weighted by molar-refractivity contribution is -0.125. The van der Waals surface area contributed by atoms with Crippen LogP contribution >= 0.6 is 0 Å². The van der Waals surface area contributed by atoms with Gasteiger partial charge in [0, 0.05) is 44.2 Å². The van der Waals surface area contributed by atoms with Crippen LogP contribution in [-0.2, 0) is 16.0 Å². The molecule has 6 heteroatoms. The summed E-state index contributed by atoms with van der Waals surface area (Å²) in [5.41, 5.74) is 4.22. The molecule has 4 rings (SSSR count). The molecule has 0 aliphatic carbocycles. The second kappa shape index (κ2) is 7.53. The van der Waals surface area contributed by atoms with Crippen LogP contribution in [0.2, 0.25) is 0 Å². The van der Waals surface area contributed by atoms with Gasteiger partial charge in [-0.1, -0.05) is 12.1 Å². The van der Waals surface area contributed by atoms with Crippen LogP contribution in [0.1, 0.15) is 29.5 Å². The fourth-order valence-electron chi connectivity index (χ4n) is 3.32. The monoisotopic (exact) mass is 360 g/mol. The van der Waals surface area contributed by atoms with Gasteiger partial charge < -0.3 is 10.2 Å². The van der Waals surface area contributed by atoms with E-state index in [1.54, 1.807) is 24.5 Å². The second-order valence-electron chi connectivity index (χ2n) is 6.66. The summed E-state index contributed by atoms with van der Waals surface area (Å²) in [5, 5.41) is 2.76. The lowest BCUT2D eigenvalue weighted by Crippen LogP contribution is -2.33. The summed E-state index contributed by atoms with van der Waals surface area (Å²) in [4.78, 5) is 34.1. The summed E-state index contributed by atoms with van der Waals surface area (Å²) >= 11 is 0. The highest BCUT2D eigenvalue weighted by molar-refractivity contribution is 5.94. The first-order chi connectivity index (χ1) is 13.2. The number of fused-ring (bicyclic) bond motifs is 1. The third-order valence-electron chi connectivity index (χ3n) is 4.84. The van der Waals surface area contributed by atoms with Gasteiger partial charge in [-0.15, -0.1) is 0 Å². The Morgan fingerprint density at radius 2 is 2.15 bits per heavy atom. The first-order valence-electron chi connectivity index (χ1n) is 9.04. The minimum atomic E-state index is -0.0116. The van der Waals surface area contributed by atoms with Crippen LogP contribution in [-0.4, -0.2) is 39.8 Å². The van der Waals surface area contributed by atoms with E-state index >= 15 is 0 Å².